The van der Waals surface area contributed by atoms with Crippen LogP contribution in [-0.2, 0) is 0 Å². The Balaban J connectivity index is 1.87. The lowest BCUT2D eigenvalue weighted by molar-refractivity contribution is -0.385. The third-order valence-corrected chi connectivity index (χ3v) is 3.42. The third kappa shape index (κ3) is 6.20. The first-order valence-corrected chi connectivity index (χ1v) is 7.84. The highest BCUT2D eigenvalue weighted by atomic mass is 16.6. The van der Waals surface area contributed by atoms with E-state index in [0.29, 0.717) is 6.67 Å². The van der Waals surface area contributed by atoms with Crippen molar-refractivity contribution >= 4 is 23.8 Å². The SMILES string of the molecule is CN(CN(C)/N=C/c1ccc([N+](=O)[O-])cc1)/N=C/c1ccc([N+](=O)[O-])cc1. The maximum absolute atomic E-state index is 10.6. The van der Waals surface area contributed by atoms with Crippen molar-refractivity contribution in [2.24, 2.45) is 10.2 Å². The summed E-state index contributed by atoms with van der Waals surface area (Å²) in [4.78, 5) is 20.3. The predicted molar refractivity (Wildman–Crippen MR) is 102 cm³/mol. The van der Waals surface area contributed by atoms with Crippen LogP contribution < -0.4 is 0 Å². The summed E-state index contributed by atoms with van der Waals surface area (Å²) in [5.74, 6) is 0. The van der Waals surface area contributed by atoms with Crippen LogP contribution in [0.1, 0.15) is 11.1 Å². The van der Waals surface area contributed by atoms with E-state index in [9.17, 15) is 20.2 Å². The molecule has 0 bridgehead atoms. The fourth-order valence-electron chi connectivity index (χ4n) is 2.06. The molecule has 0 radical (unpaired) electrons. The van der Waals surface area contributed by atoms with E-state index in [4.69, 9.17) is 0 Å². The number of nitro groups is 2. The summed E-state index contributed by atoms with van der Waals surface area (Å²) in [6, 6.07) is 12.1. The highest BCUT2D eigenvalue weighted by Crippen LogP contribution is 2.11. The van der Waals surface area contributed by atoms with E-state index >= 15 is 0 Å². The molecule has 140 valence electrons. The summed E-state index contributed by atoms with van der Waals surface area (Å²) < 4.78 is 0. The Labute approximate surface area is 155 Å². The molecule has 0 fully saturated rings. The van der Waals surface area contributed by atoms with Gasteiger partial charge < -0.3 is 0 Å². The summed E-state index contributed by atoms with van der Waals surface area (Å²) >= 11 is 0. The lowest BCUT2D eigenvalue weighted by atomic mass is 10.2. The molecule has 10 nitrogen and oxygen atoms in total. The Hall–Kier alpha value is -3.82. The van der Waals surface area contributed by atoms with Gasteiger partial charge in [0.2, 0.25) is 0 Å². The molecule has 10 heteroatoms. The maximum Gasteiger partial charge on any atom is 0.269 e. The molecule has 0 atom stereocenters. The normalized spacial score (nSPS) is 11.0. The first kappa shape index (κ1) is 19.5. The van der Waals surface area contributed by atoms with Crippen molar-refractivity contribution in [1.82, 2.24) is 10.0 Å². The van der Waals surface area contributed by atoms with Crippen LogP contribution in [-0.4, -0.2) is 53.1 Å². The molecule has 0 N–H and O–H groups in total. The highest BCUT2D eigenvalue weighted by Gasteiger charge is 2.04. The molecule has 0 aromatic heterocycles. The van der Waals surface area contributed by atoms with E-state index in [1.54, 1.807) is 60.8 Å². The van der Waals surface area contributed by atoms with E-state index in [0.717, 1.165) is 11.1 Å². The molecular formula is C17H18N6O4. The molecule has 2 aromatic carbocycles. The molecule has 0 unspecified atom stereocenters. The molecule has 0 saturated carbocycles. The predicted octanol–water partition coefficient (Wildman–Crippen LogP) is 2.69. The van der Waals surface area contributed by atoms with Crippen LogP contribution in [0.15, 0.2) is 58.7 Å². The monoisotopic (exact) mass is 370 g/mol. The molecule has 0 amide bonds. The minimum absolute atomic E-state index is 0.0285. The Kier molecular flexibility index (Phi) is 6.53. The highest BCUT2D eigenvalue weighted by molar-refractivity contribution is 5.80. The van der Waals surface area contributed by atoms with Crippen molar-refractivity contribution in [2.75, 3.05) is 20.8 Å². The number of non-ortho nitro benzene ring substituents is 2. The fraction of sp³-hybridized carbons (Fsp3) is 0.176. The van der Waals surface area contributed by atoms with E-state index in [2.05, 4.69) is 10.2 Å². The zero-order chi connectivity index (χ0) is 19.8. The van der Waals surface area contributed by atoms with Gasteiger partial charge in [-0.15, -0.1) is 0 Å². The van der Waals surface area contributed by atoms with Crippen LogP contribution in [0.2, 0.25) is 0 Å². The van der Waals surface area contributed by atoms with Crippen molar-refractivity contribution in [3.05, 3.63) is 79.9 Å². The van der Waals surface area contributed by atoms with Crippen LogP contribution in [0.3, 0.4) is 0 Å². The Bertz CT molecular complexity index is 777. The molecule has 0 saturated heterocycles. The number of rotatable bonds is 8. The second-order valence-corrected chi connectivity index (χ2v) is 5.64. The van der Waals surface area contributed by atoms with Crippen molar-refractivity contribution in [2.45, 2.75) is 0 Å². The minimum Gasteiger partial charge on any atom is -0.279 e. The molecule has 2 aromatic rings. The van der Waals surface area contributed by atoms with Crippen LogP contribution in [0.5, 0.6) is 0 Å². The average Bonchev–Trinajstić information content (AvgIpc) is 2.65. The van der Waals surface area contributed by atoms with Gasteiger partial charge in [-0.1, -0.05) is 0 Å². The van der Waals surface area contributed by atoms with Gasteiger partial charge in [0.15, 0.2) is 0 Å². The standard InChI is InChI=1S/C17H18N6O4/c1-20(18-11-14-3-7-16(8-4-14)22(24)25)13-21(2)19-12-15-5-9-17(10-6-15)23(26)27/h3-12H,13H2,1-2H3/b18-11+,19-12+. The van der Waals surface area contributed by atoms with Crippen molar-refractivity contribution in [3.8, 4) is 0 Å². The van der Waals surface area contributed by atoms with Gasteiger partial charge >= 0.3 is 0 Å². The Morgan fingerprint density at radius 3 is 1.41 bits per heavy atom. The fourth-order valence-corrected chi connectivity index (χ4v) is 2.06. The first-order valence-electron chi connectivity index (χ1n) is 7.84. The van der Waals surface area contributed by atoms with Gasteiger partial charge in [-0.2, -0.15) is 10.2 Å². The number of nitrogens with zero attached hydrogens (tertiary/aromatic N) is 6. The molecule has 0 aliphatic rings. The topological polar surface area (TPSA) is 117 Å². The summed E-state index contributed by atoms with van der Waals surface area (Å²) in [7, 11) is 3.53. The van der Waals surface area contributed by atoms with E-state index in [1.165, 1.54) is 24.3 Å². The number of benzene rings is 2. The molecule has 0 heterocycles. The lowest BCUT2D eigenvalue weighted by Gasteiger charge is -2.19. The maximum atomic E-state index is 10.6. The average molecular weight is 370 g/mol. The Morgan fingerprint density at radius 1 is 0.778 bits per heavy atom. The molecule has 0 aliphatic carbocycles. The van der Waals surface area contributed by atoms with E-state index < -0.39 is 9.85 Å². The van der Waals surface area contributed by atoms with Crippen molar-refractivity contribution in [1.29, 1.82) is 0 Å². The van der Waals surface area contributed by atoms with Gasteiger partial charge in [-0.25, -0.2) is 0 Å². The van der Waals surface area contributed by atoms with Crippen LogP contribution in [0.4, 0.5) is 11.4 Å². The second-order valence-electron chi connectivity index (χ2n) is 5.64. The van der Waals surface area contributed by atoms with E-state index in [1.807, 2.05) is 0 Å². The molecule has 27 heavy (non-hydrogen) atoms. The van der Waals surface area contributed by atoms with Crippen molar-refractivity contribution in [3.63, 3.8) is 0 Å². The minimum atomic E-state index is -0.453. The van der Waals surface area contributed by atoms with Crippen LogP contribution >= 0.6 is 0 Å². The van der Waals surface area contributed by atoms with Gasteiger partial charge in [0, 0.05) is 38.4 Å². The Morgan fingerprint density at radius 2 is 1.11 bits per heavy atom. The summed E-state index contributed by atoms with van der Waals surface area (Å²) in [5.41, 5.74) is 1.54. The quantitative estimate of drug-likeness (QED) is 0.305. The summed E-state index contributed by atoms with van der Waals surface area (Å²) in [6.45, 7) is 0.396. The second kappa shape index (κ2) is 9.04. The largest absolute Gasteiger partial charge is 0.279 e. The van der Waals surface area contributed by atoms with E-state index in [-0.39, 0.29) is 11.4 Å². The number of hydrazone groups is 2. The summed E-state index contributed by atoms with van der Waals surface area (Å²) in [5, 5.41) is 33.0. The van der Waals surface area contributed by atoms with Gasteiger partial charge in [-0.05, 0) is 35.4 Å². The zero-order valence-corrected chi connectivity index (χ0v) is 14.8. The van der Waals surface area contributed by atoms with Gasteiger partial charge in [0.1, 0.15) is 6.67 Å². The smallest absolute Gasteiger partial charge is 0.269 e. The number of nitro benzene ring substituents is 2. The summed E-state index contributed by atoms with van der Waals surface area (Å²) in [6.07, 6.45) is 3.19. The molecule has 0 spiro atoms. The third-order valence-electron chi connectivity index (χ3n) is 3.42. The molecule has 0 aliphatic heterocycles. The molecular weight excluding hydrogens is 352 g/mol. The van der Waals surface area contributed by atoms with Gasteiger partial charge in [0.25, 0.3) is 11.4 Å². The molecule has 2 rings (SSSR count). The van der Waals surface area contributed by atoms with Crippen molar-refractivity contribution < 1.29 is 9.85 Å². The van der Waals surface area contributed by atoms with Gasteiger partial charge in [0.05, 0.1) is 22.3 Å². The number of hydrogen-bond acceptors (Lipinski definition) is 8. The first-order chi connectivity index (χ1) is 12.8. The van der Waals surface area contributed by atoms with Gasteiger partial charge in [-0.3, -0.25) is 30.2 Å². The van der Waals surface area contributed by atoms with Crippen LogP contribution in [0.25, 0.3) is 0 Å². The number of hydrogen-bond donors (Lipinski definition) is 0. The lowest BCUT2D eigenvalue weighted by Crippen LogP contribution is -2.26. The van der Waals surface area contributed by atoms with Crippen LogP contribution in [0, 0.1) is 20.2 Å². The zero-order valence-electron chi connectivity index (χ0n) is 14.8.